The summed E-state index contributed by atoms with van der Waals surface area (Å²) in [6.45, 7) is 3.57. The lowest BCUT2D eigenvalue weighted by Crippen LogP contribution is -2.09. The predicted octanol–water partition coefficient (Wildman–Crippen LogP) is 5.42. The number of nitrogens with one attached hydrogen (secondary N) is 1. The molecule has 10 heteroatoms. The van der Waals surface area contributed by atoms with Gasteiger partial charge in [-0.15, -0.1) is 5.10 Å². The molecule has 3 heterocycles. The van der Waals surface area contributed by atoms with Crippen molar-refractivity contribution in [3.05, 3.63) is 58.4 Å². The normalized spacial score (nSPS) is 11.9. The highest BCUT2D eigenvalue weighted by Crippen LogP contribution is 2.37. The third-order valence-corrected chi connectivity index (χ3v) is 4.57. The molecule has 0 aliphatic carbocycles. The SMILES string of the molecule is Cc1nc2nc(-c3ccco3)nn2c(Nc2ccc(Cl)c(C(F)(F)F)c2)c1C. The molecule has 0 spiro atoms. The Kier molecular flexibility index (Phi) is 4.26. The third kappa shape index (κ3) is 3.18. The fraction of sp³-hybridized carbons (Fsp3) is 0.167. The number of hydrogen-bond acceptors (Lipinski definition) is 5. The molecule has 0 saturated heterocycles. The first-order chi connectivity index (χ1) is 13.2. The summed E-state index contributed by atoms with van der Waals surface area (Å²) in [5.74, 6) is 1.51. The van der Waals surface area contributed by atoms with Gasteiger partial charge in [0.2, 0.25) is 5.82 Å². The second-order valence-electron chi connectivity index (χ2n) is 6.11. The van der Waals surface area contributed by atoms with E-state index in [2.05, 4.69) is 20.4 Å². The lowest BCUT2D eigenvalue weighted by molar-refractivity contribution is -0.137. The minimum atomic E-state index is -4.56. The molecule has 0 aliphatic rings. The van der Waals surface area contributed by atoms with Crippen LogP contribution in [0, 0.1) is 13.8 Å². The topological polar surface area (TPSA) is 68.2 Å². The summed E-state index contributed by atoms with van der Waals surface area (Å²) in [5, 5.41) is 7.00. The predicted molar refractivity (Wildman–Crippen MR) is 97.7 cm³/mol. The van der Waals surface area contributed by atoms with Crippen LogP contribution in [0.5, 0.6) is 0 Å². The molecule has 0 unspecified atom stereocenters. The van der Waals surface area contributed by atoms with Crippen molar-refractivity contribution in [2.24, 2.45) is 0 Å². The molecule has 28 heavy (non-hydrogen) atoms. The molecule has 144 valence electrons. The van der Waals surface area contributed by atoms with E-state index in [4.69, 9.17) is 16.0 Å². The molecule has 3 aromatic heterocycles. The van der Waals surface area contributed by atoms with E-state index in [0.717, 1.165) is 6.07 Å². The van der Waals surface area contributed by atoms with Gasteiger partial charge < -0.3 is 9.73 Å². The van der Waals surface area contributed by atoms with Crippen LogP contribution < -0.4 is 5.32 Å². The maximum atomic E-state index is 13.2. The van der Waals surface area contributed by atoms with E-state index in [-0.39, 0.29) is 10.7 Å². The quantitative estimate of drug-likeness (QED) is 0.491. The first kappa shape index (κ1) is 18.3. The first-order valence-electron chi connectivity index (χ1n) is 8.15. The van der Waals surface area contributed by atoms with Crippen LogP contribution in [0.3, 0.4) is 0 Å². The molecular weight excluding hydrogens is 395 g/mol. The average molecular weight is 408 g/mol. The van der Waals surface area contributed by atoms with Gasteiger partial charge >= 0.3 is 6.18 Å². The van der Waals surface area contributed by atoms with Crippen molar-refractivity contribution in [1.29, 1.82) is 0 Å². The monoisotopic (exact) mass is 407 g/mol. The fourth-order valence-corrected chi connectivity index (χ4v) is 2.93. The molecule has 0 saturated carbocycles. The maximum Gasteiger partial charge on any atom is 0.417 e. The molecule has 0 fully saturated rings. The van der Waals surface area contributed by atoms with Gasteiger partial charge in [0.05, 0.1) is 16.8 Å². The molecule has 0 amide bonds. The van der Waals surface area contributed by atoms with E-state index < -0.39 is 11.7 Å². The lowest BCUT2D eigenvalue weighted by Gasteiger charge is -2.15. The summed E-state index contributed by atoms with van der Waals surface area (Å²) in [4.78, 5) is 8.72. The van der Waals surface area contributed by atoms with Crippen LogP contribution in [0.25, 0.3) is 17.4 Å². The van der Waals surface area contributed by atoms with E-state index in [9.17, 15) is 13.2 Å². The van der Waals surface area contributed by atoms with Gasteiger partial charge in [-0.25, -0.2) is 4.98 Å². The molecular formula is C18H13ClF3N5O. The molecule has 4 rings (SSSR count). The van der Waals surface area contributed by atoms with Crippen LogP contribution >= 0.6 is 11.6 Å². The van der Waals surface area contributed by atoms with Crippen LogP contribution in [0.15, 0.2) is 41.0 Å². The van der Waals surface area contributed by atoms with Crippen LogP contribution in [0.2, 0.25) is 5.02 Å². The van der Waals surface area contributed by atoms with Crippen molar-refractivity contribution in [3.63, 3.8) is 0 Å². The molecule has 0 radical (unpaired) electrons. The smallest absolute Gasteiger partial charge is 0.417 e. The zero-order valence-corrected chi connectivity index (χ0v) is 15.4. The average Bonchev–Trinajstić information content (AvgIpc) is 3.28. The number of benzene rings is 1. The summed E-state index contributed by atoms with van der Waals surface area (Å²) >= 11 is 5.70. The number of furan rings is 1. The van der Waals surface area contributed by atoms with Gasteiger partial charge in [-0.2, -0.15) is 22.7 Å². The summed E-state index contributed by atoms with van der Waals surface area (Å²) in [6, 6.07) is 7.02. The van der Waals surface area contributed by atoms with E-state index in [0.29, 0.717) is 34.4 Å². The van der Waals surface area contributed by atoms with Gasteiger partial charge in [0.1, 0.15) is 5.82 Å². The summed E-state index contributed by atoms with van der Waals surface area (Å²) in [6.07, 6.45) is -3.07. The van der Waals surface area contributed by atoms with Crippen LogP contribution in [0.1, 0.15) is 16.8 Å². The summed E-state index contributed by atoms with van der Waals surface area (Å²) in [7, 11) is 0. The van der Waals surface area contributed by atoms with Crippen molar-refractivity contribution < 1.29 is 17.6 Å². The first-order valence-corrected chi connectivity index (χ1v) is 8.53. The number of aryl methyl sites for hydroxylation is 1. The number of rotatable bonds is 3. The Hall–Kier alpha value is -3.07. The third-order valence-electron chi connectivity index (χ3n) is 4.24. The number of anilines is 2. The lowest BCUT2D eigenvalue weighted by atomic mass is 10.2. The summed E-state index contributed by atoms with van der Waals surface area (Å²) < 4.78 is 46.2. The molecule has 4 aromatic rings. The zero-order chi connectivity index (χ0) is 20.1. The zero-order valence-electron chi connectivity index (χ0n) is 14.7. The molecule has 0 atom stereocenters. The van der Waals surface area contributed by atoms with Crippen molar-refractivity contribution in [2.45, 2.75) is 20.0 Å². The Bertz CT molecular complexity index is 1170. The van der Waals surface area contributed by atoms with Gasteiger partial charge in [-0.1, -0.05) is 11.6 Å². The largest absolute Gasteiger partial charge is 0.461 e. The highest BCUT2D eigenvalue weighted by atomic mass is 35.5. The van der Waals surface area contributed by atoms with E-state index in [1.165, 1.54) is 22.9 Å². The Morgan fingerprint density at radius 2 is 1.93 bits per heavy atom. The summed E-state index contributed by atoms with van der Waals surface area (Å²) in [5.41, 5.74) is 0.667. The molecule has 1 N–H and O–H groups in total. The van der Waals surface area contributed by atoms with Gasteiger partial charge in [0.15, 0.2) is 5.76 Å². The minimum Gasteiger partial charge on any atom is -0.461 e. The highest BCUT2D eigenvalue weighted by molar-refractivity contribution is 6.31. The van der Waals surface area contributed by atoms with Gasteiger partial charge in [0.25, 0.3) is 5.78 Å². The second-order valence-corrected chi connectivity index (χ2v) is 6.52. The maximum absolute atomic E-state index is 13.2. The van der Waals surface area contributed by atoms with Crippen LogP contribution in [-0.4, -0.2) is 19.6 Å². The Morgan fingerprint density at radius 1 is 1.14 bits per heavy atom. The number of nitrogens with zero attached hydrogens (tertiary/aromatic N) is 4. The molecule has 1 aromatic carbocycles. The highest BCUT2D eigenvalue weighted by Gasteiger charge is 2.33. The number of fused-ring (bicyclic) bond motifs is 1. The van der Waals surface area contributed by atoms with E-state index in [1.807, 2.05) is 0 Å². The Morgan fingerprint density at radius 3 is 2.61 bits per heavy atom. The van der Waals surface area contributed by atoms with Gasteiger partial charge in [-0.05, 0) is 44.2 Å². The Labute approximate surface area is 162 Å². The van der Waals surface area contributed by atoms with Crippen molar-refractivity contribution in [1.82, 2.24) is 19.6 Å². The Balaban J connectivity index is 1.83. The standard InChI is InChI=1S/C18H13ClF3N5O/c1-9-10(2)23-17-25-15(14-4-3-7-28-14)26-27(17)16(9)24-11-5-6-13(19)12(8-11)18(20,21)22/h3-8,24H,1-2H3. The van der Waals surface area contributed by atoms with Crippen molar-refractivity contribution >= 4 is 28.9 Å². The second kappa shape index (κ2) is 6.52. The fourth-order valence-electron chi connectivity index (χ4n) is 2.70. The van der Waals surface area contributed by atoms with Crippen LogP contribution in [0.4, 0.5) is 24.7 Å². The number of hydrogen-bond donors (Lipinski definition) is 1. The van der Waals surface area contributed by atoms with E-state index >= 15 is 0 Å². The minimum absolute atomic E-state index is 0.210. The molecule has 0 bridgehead atoms. The van der Waals surface area contributed by atoms with Crippen LogP contribution in [-0.2, 0) is 6.18 Å². The number of aromatic nitrogens is 4. The van der Waals surface area contributed by atoms with Crippen molar-refractivity contribution in [2.75, 3.05) is 5.32 Å². The number of alkyl halides is 3. The van der Waals surface area contributed by atoms with Gasteiger partial charge in [0, 0.05) is 16.9 Å². The number of halogens is 4. The van der Waals surface area contributed by atoms with Gasteiger partial charge in [-0.3, -0.25) is 0 Å². The van der Waals surface area contributed by atoms with E-state index in [1.54, 1.807) is 26.0 Å². The molecule has 0 aliphatic heterocycles. The van der Waals surface area contributed by atoms with Crippen molar-refractivity contribution in [3.8, 4) is 11.6 Å². The molecule has 6 nitrogen and oxygen atoms in total.